The molecule has 0 radical (unpaired) electrons. The number of rotatable bonds is 5. The van der Waals surface area contributed by atoms with Crippen LogP contribution in [0.4, 0.5) is 0 Å². The molecule has 2 rings (SSSR count). The molecule has 1 saturated carbocycles. The Balaban J connectivity index is 1.80. The maximum Gasteiger partial charge on any atom is 0.251 e. The molecule has 0 spiro atoms. The summed E-state index contributed by atoms with van der Waals surface area (Å²) in [6, 6.07) is 5.51. The minimum absolute atomic E-state index is 0.0673. The summed E-state index contributed by atoms with van der Waals surface area (Å²) in [5, 5.41) is 12.3. The van der Waals surface area contributed by atoms with Gasteiger partial charge < -0.3 is 15.3 Å². The quantitative estimate of drug-likeness (QED) is 0.867. The predicted octanol–water partition coefficient (Wildman–Crippen LogP) is 2.30. The van der Waals surface area contributed by atoms with Crippen LogP contribution in [0.25, 0.3) is 0 Å². The SMILES string of the molecule is Cc1cc(O)ccc1C(=O)NCCN(C)C1CCCC1. The monoisotopic (exact) mass is 276 g/mol. The second-order valence-electron chi connectivity index (χ2n) is 5.67. The molecule has 1 aliphatic carbocycles. The van der Waals surface area contributed by atoms with Crippen molar-refractivity contribution in [2.45, 2.75) is 38.6 Å². The number of amides is 1. The Bertz CT molecular complexity index is 468. The molecule has 0 bridgehead atoms. The molecule has 0 unspecified atom stereocenters. The van der Waals surface area contributed by atoms with E-state index >= 15 is 0 Å². The summed E-state index contributed by atoms with van der Waals surface area (Å²) >= 11 is 0. The second kappa shape index (κ2) is 6.75. The summed E-state index contributed by atoms with van der Waals surface area (Å²) in [4.78, 5) is 14.4. The van der Waals surface area contributed by atoms with Gasteiger partial charge in [0.15, 0.2) is 0 Å². The lowest BCUT2D eigenvalue weighted by Crippen LogP contribution is -2.37. The number of nitrogens with one attached hydrogen (secondary N) is 1. The first kappa shape index (κ1) is 14.9. The van der Waals surface area contributed by atoms with Crippen LogP contribution in [-0.2, 0) is 0 Å². The summed E-state index contributed by atoms with van der Waals surface area (Å²) in [5.74, 6) is 0.127. The van der Waals surface area contributed by atoms with E-state index in [2.05, 4.69) is 17.3 Å². The molecular formula is C16H24N2O2. The summed E-state index contributed by atoms with van der Waals surface area (Å²) in [5.41, 5.74) is 1.43. The van der Waals surface area contributed by atoms with Gasteiger partial charge in [0.2, 0.25) is 0 Å². The van der Waals surface area contributed by atoms with Crippen LogP contribution in [0.2, 0.25) is 0 Å². The maximum absolute atomic E-state index is 12.1. The molecular weight excluding hydrogens is 252 g/mol. The molecule has 0 saturated heterocycles. The zero-order valence-electron chi connectivity index (χ0n) is 12.4. The van der Waals surface area contributed by atoms with Gasteiger partial charge in [-0.25, -0.2) is 0 Å². The minimum atomic E-state index is -0.0673. The highest BCUT2D eigenvalue weighted by Gasteiger charge is 2.19. The number of likely N-dealkylation sites (N-methyl/N-ethyl adjacent to an activating group) is 1. The van der Waals surface area contributed by atoms with Crippen molar-refractivity contribution in [2.24, 2.45) is 0 Å². The Kier molecular flexibility index (Phi) is 5.01. The van der Waals surface area contributed by atoms with Gasteiger partial charge in [-0.05, 0) is 50.6 Å². The van der Waals surface area contributed by atoms with Gasteiger partial charge >= 0.3 is 0 Å². The molecule has 2 N–H and O–H groups in total. The number of phenols is 1. The Hall–Kier alpha value is -1.55. The summed E-state index contributed by atoms with van der Waals surface area (Å²) in [7, 11) is 2.13. The van der Waals surface area contributed by atoms with Gasteiger partial charge in [-0.2, -0.15) is 0 Å². The number of aromatic hydroxyl groups is 1. The third-order valence-corrected chi connectivity index (χ3v) is 4.15. The van der Waals surface area contributed by atoms with Crippen LogP contribution < -0.4 is 5.32 Å². The van der Waals surface area contributed by atoms with Crippen LogP contribution in [0.15, 0.2) is 18.2 Å². The maximum atomic E-state index is 12.1. The van der Waals surface area contributed by atoms with Gasteiger partial charge in [-0.1, -0.05) is 12.8 Å². The van der Waals surface area contributed by atoms with E-state index < -0.39 is 0 Å². The number of carbonyl (C=O) groups excluding carboxylic acids is 1. The molecule has 1 fully saturated rings. The van der Waals surface area contributed by atoms with Crippen LogP contribution in [0.5, 0.6) is 5.75 Å². The molecule has 110 valence electrons. The normalized spacial score (nSPS) is 15.8. The lowest BCUT2D eigenvalue weighted by molar-refractivity contribution is 0.0946. The van der Waals surface area contributed by atoms with E-state index in [1.165, 1.54) is 25.7 Å². The fraction of sp³-hybridized carbons (Fsp3) is 0.562. The molecule has 1 aliphatic rings. The van der Waals surface area contributed by atoms with Crippen molar-refractivity contribution in [1.29, 1.82) is 0 Å². The number of nitrogens with zero attached hydrogens (tertiary/aromatic N) is 1. The van der Waals surface area contributed by atoms with E-state index in [0.717, 1.165) is 12.1 Å². The van der Waals surface area contributed by atoms with Crippen LogP contribution in [0.3, 0.4) is 0 Å². The van der Waals surface area contributed by atoms with E-state index in [1.807, 2.05) is 6.92 Å². The number of aryl methyl sites for hydroxylation is 1. The zero-order chi connectivity index (χ0) is 14.5. The number of carbonyl (C=O) groups is 1. The van der Waals surface area contributed by atoms with E-state index in [-0.39, 0.29) is 11.7 Å². The van der Waals surface area contributed by atoms with E-state index in [9.17, 15) is 9.90 Å². The van der Waals surface area contributed by atoms with Gasteiger partial charge in [0.1, 0.15) is 5.75 Å². The van der Waals surface area contributed by atoms with E-state index in [4.69, 9.17) is 0 Å². The lowest BCUT2D eigenvalue weighted by Gasteiger charge is -2.24. The molecule has 0 atom stereocenters. The molecule has 1 amide bonds. The Labute approximate surface area is 120 Å². The Morgan fingerprint density at radius 1 is 1.40 bits per heavy atom. The number of phenolic OH excluding ortho intramolecular Hbond substituents is 1. The topological polar surface area (TPSA) is 52.6 Å². The van der Waals surface area contributed by atoms with Gasteiger partial charge in [-0.15, -0.1) is 0 Å². The third-order valence-electron chi connectivity index (χ3n) is 4.15. The number of hydrogen-bond acceptors (Lipinski definition) is 3. The Morgan fingerprint density at radius 3 is 2.75 bits per heavy atom. The molecule has 20 heavy (non-hydrogen) atoms. The number of benzene rings is 1. The molecule has 1 aromatic rings. The molecule has 4 nitrogen and oxygen atoms in total. The highest BCUT2D eigenvalue weighted by atomic mass is 16.3. The minimum Gasteiger partial charge on any atom is -0.508 e. The van der Waals surface area contributed by atoms with Crippen molar-refractivity contribution in [3.63, 3.8) is 0 Å². The summed E-state index contributed by atoms with van der Waals surface area (Å²) < 4.78 is 0. The fourth-order valence-corrected chi connectivity index (χ4v) is 2.87. The highest BCUT2D eigenvalue weighted by molar-refractivity contribution is 5.95. The molecule has 0 aliphatic heterocycles. The van der Waals surface area contributed by atoms with Crippen molar-refractivity contribution in [1.82, 2.24) is 10.2 Å². The van der Waals surface area contributed by atoms with Gasteiger partial charge in [0.05, 0.1) is 0 Å². The Morgan fingerprint density at radius 2 is 2.10 bits per heavy atom. The smallest absolute Gasteiger partial charge is 0.251 e. The van der Waals surface area contributed by atoms with E-state index in [1.54, 1.807) is 18.2 Å². The average molecular weight is 276 g/mol. The highest BCUT2D eigenvalue weighted by Crippen LogP contribution is 2.21. The first-order chi connectivity index (χ1) is 9.58. The molecule has 4 heteroatoms. The number of hydrogen-bond donors (Lipinski definition) is 2. The van der Waals surface area contributed by atoms with Gasteiger partial charge in [-0.3, -0.25) is 4.79 Å². The second-order valence-corrected chi connectivity index (χ2v) is 5.67. The first-order valence-electron chi connectivity index (χ1n) is 7.36. The van der Waals surface area contributed by atoms with Crippen LogP contribution in [0, 0.1) is 6.92 Å². The van der Waals surface area contributed by atoms with Crippen molar-refractivity contribution in [3.8, 4) is 5.75 Å². The van der Waals surface area contributed by atoms with Crippen molar-refractivity contribution >= 4 is 5.91 Å². The molecule has 0 heterocycles. The predicted molar refractivity (Wildman–Crippen MR) is 80.1 cm³/mol. The first-order valence-corrected chi connectivity index (χ1v) is 7.36. The fourth-order valence-electron chi connectivity index (χ4n) is 2.87. The third kappa shape index (κ3) is 3.73. The molecule has 0 aromatic heterocycles. The van der Waals surface area contributed by atoms with Crippen molar-refractivity contribution in [2.75, 3.05) is 20.1 Å². The van der Waals surface area contributed by atoms with Crippen LogP contribution >= 0.6 is 0 Å². The lowest BCUT2D eigenvalue weighted by atomic mass is 10.1. The van der Waals surface area contributed by atoms with Gasteiger partial charge in [0.25, 0.3) is 5.91 Å². The van der Waals surface area contributed by atoms with Crippen molar-refractivity contribution < 1.29 is 9.90 Å². The zero-order valence-corrected chi connectivity index (χ0v) is 12.4. The van der Waals surface area contributed by atoms with Crippen LogP contribution in [-0.4, -0.2) is 42.1 Å². The average Bonchev–Trinajstić information content (AvgIpc) is 2.92. The van der Waals surface area contributed by atoms with Gasteiger partial charge in [0, 0.05) is 24.7 Å². The largest absolute Gasteiger partial charge is 0.508 e. The van der Waals surface area contributed by atoms with Crippen LogP contribution in [0.1, 0.15) is 41.6 Å². The standard InChI is InChI=1S/C16H24N2O2/c1-12-11-14(19)7-8-15(12)16(20)17-9-10-18(2)13-5-3-4-6-13/h7-8,11,13,19H,3-6,9-10H2,1-2H3,(H,17,20). The molecule has 1 aromatic carbocycles. The summed E-state index contributed by atoms with van der Waals surface area (Å²) in [6.45, 7) is 3.37. The van der Waals surface area contributed by atoms with E-state index in [0.29, 0.717) is 18.2 Å². The van der Waals surface area contributed by atoms with Crippen molar-refractivity contribution in [3.05, 3.63) is 29.3 Å². The summed E-state index contributed by atoms with van der Waals surface area (Å²) in [6.07, 6.45) is 5.21.